The number of amides is 2. The van der Waals surface area contributed by atoms with E-state index >= 15 is 0 Å². The molecule has 2 amide bonds. The molecule has 13 heavy (non-hydrogen) atoms. The molecular weight excluding hydrogens is 170 g/mol. The Bertz CT molecular complexity index is 229. The molecule has 1 aliphatic rings. The molecule has 0 spiro atoms. The lowest BCUT2D eigenvalue weighted by Crippen LogP contribution is -2.38. The second kappa shape index (κ2) is 4.16. The largest absolute Gasteiger partial charge is 0.298 e. The predicted molar refractivity (Wildman–Crippen MR) is 45.9 cm³/mol. The SMILES string of the molecule is CC(=O)CN1C(=O)CCCCC1=O. The molecule has 0 aromatic carbocycles. The Labute approximate surface area is 76.9 Å². The van der Waals surface area contributed by atoms with Gasteiger partial charge in [-0.05, 0) is 19.8 Å². The first-order valence-corrected chi connectivity index (χ1v) is 4.44. The Morgan fingerprint density at radius 3 is 2.08 bits per heavy atom. The van der Waals surface area contributed by atoms with Crippen molar-refractivity contribution in [3.8, 4) is 0 Å². The molecule has 0 aliphatic carbocycles. The molecular formula is C9H13NO3. The Morgan fingerprint density at radius 2 is 1.69 bits per heavy atom. The molecule has 1 heterocycles. The van der Waals surface area contributed by atoms with Crippen LogP contribution in [0.5, 0.6) is 0 Å². The number of Topliss-reactive ketones (excluding diaryl/α,β-unsaturated/α-hetero) is 1. The summed E-state index contributed by atoms with van der Waals surface area (Å²) in [7, 11) is 0. The standard InChI is InChI=1S/C9H13NO3/c1-7(11)6-10-8(12)4-2-3-5-9(10)13/h2-6H2,1H3. The number of ketones is 1. The molecule has 0 N–H and O–H groups in total. The third-order valence-electron chi connectivity index (χ3n) is 2.01. The summed E-state index contributed by atoms with van der Waals surface area (Å²) < 4.78 is 0. The van der Waals surface area contributed by atoms with E-state index in [2.05, 4.69) is 0 Å². The van der Waals surface area contributed by atoms with E-state index in [1.54, 1.807) is 0 Å². The van der Waals surface area contributed by atoms with Crippen molar-refractivity contribution < 1.29 is 14.4 Å². The van der Waals surface area contributed by atoms with Crippen molar-refractivity contribution in [1.82, 2.24) is 4.90 Å². The zero-order valence-electron chi connectivity index (χ0n) is 7.71. The smallest absolute Gasteiger partial charge is 0.229 e. The molecule has 0 aromatic heterocycles. The van der Waals surface area contributed by atoms with E-state index in [0.29, 0.717) is 12.8 Å². The van der Waals surface area contributed by atoms with Gasteiger partial charge in [0.2, 0.25) is 11.8 Å². The van der Waals surface area contributed by atoms with Crippen LogP contribution in [-0.2, 0) is 14.4 Å². The van der Waals surface area contributed by atoms with Crippen LogP contribution in [0.3, 0.4) is 0 Å². The first kappa shape index (κ1) is 9.89. The minimum absolute atomic E-state index is 0.0579. The van der Waals surface area contributed by atoms with Crippen molar-refractivity contribution in [3.05, 3.63) is 0 Å². The fraction of sp³-hybridized carbons (Fsp3) is 0.667. The lowest BCUT2D eigenvalue weighted by atomic mass is 10.2. The van der Waals surface area contributed by atoms with Crippen LogP contribution < -0.4 is 0 Å². The first-order valence-electron chi connectivity index (χ1n) is 4.44. The second-order valence-electron chi connectivity index (χ2n) is 3.28. The van der Waals surface area contributed by atoms with Gasteiger partial charge in [-0.2, -0.15) is 0 Å². The summed E-state index contributed by atoms with van der Waals surface area (Å²) >= 11 is 0. The average Bonchev–Trinajstić information content (AvgIpc) is 2.18. The van der Waals surface area contributed by atoms with E-state index in [4.69, 9.17) is 0 Å². The molecule has 0 unspecified atom stereocenters. The van der Waals surface area contributed by atoms with Crippen molar-refractivity contribution in [2.75, 3.05) is 6.54 Å². The normalized spacial score (nSPS) is 18.7. The summed E-state index contributed by atoms with van der Waals surface area (Å²) in [6, 6.07) is 0. The van der Waals surface area contributed by atoms with Crippen LogP contribution in [0.25, 0.3) is 0 Å². The molecule has 0 bridgehead atoms. The predicted octanol–water partition coefficient (Wildman–Crippen LogP) is 0.505. The fourth-order valence-corrected chi connectivity index (χ4v) is 1.36. The maximum atomic E-state index is 11.3. The molecule has 0 radical (unpaired) electrons. The van der Waals surface area contributed by atoms with Gasteiger partial charge in [-0.15, -0.1) is 0 Å². The van der Waals surface area contributed by atoms with Gasteiger partial charge in [-0.3, -0.25) is 19.3 Å². The highest BCUT2D eigenvalue weighted by molar-refractivity contribution is 5.99. The maximum absolute atomic E-state index is 11.3. The third kappa shape index (κ3) is 2.65. The summed E-state index contributed by atoms with van der Waals surface area (Å²) in [4.78, 5) is 34.5. The summed E-state index contributed by atoms with van der Waals surface area (Å²) in [5.74, 6) is -0.570. The van der Waals surface area contributed by atoms with Gasteiger partial charge in [0.05, 0.1) is 6.54 Å². The highest BCUT2D eigenvalue weighted by Gasteiger charge is 2.24. The zero-order chi connectivity index (χ0) is 9.84. The van der Waals surface area contributed by atoms with Gasteiger partial charge in [0.15, 0.2) is 0 Å². The van der Waals surface area contributed by atoms with E-state index < -0.39 is 0 Å². The van der Waals surface area contributed by atoms with E-state index in [1.165, 1.54) is 6.92 Å². The Morgan fingerprint density at radius 1 is 1.23 bits per heavy atom. The molecule has 1 saturated heterocycles. The highest BCUT2D eigenvalue weighted by Crippen LogP contribution is 2.12. The van der Waals surface area contributed by atoms with Gasteiger partial charge in [-0.25, -0.2) is 0 Å². The van der Waals surface area contributed by atoms with Crippen LogP contribution in [0, 0.1) is 0 Å². The summed E-state index contributed by atoms with van der Waals surface area (Å²) in [6.07, 6.45) is 2.27. The van der Waals surface area contributed by atoms with Crippen LogP contribution in [0.1, 0.15) is 32.6 Å². The molecule has 1 aliphatic heterocycles. The van der Waals surface area contributed by atoms with Gasteiger partial charge in [0.25, 0.3) is 0 Å². The lowest BCUT2D eigenvalue weighted by molar-refractivity contribution is -0.146. The van der Waals surface area contributed by atoms with Crippen molar-refractivity contribution in [1.29, 1.82) is 0 Å². The highest BCUT2D eigenvalue weighted by atomic mass is 16.2. The Kier molecular flexibility index (Phi) is 3.17. The van der Waals surface area contributed by atoms with Crippen LogP contribution >= 0.6 is 0 Å². The fourth-order valence-electron chi connectivity index (χ4n) is 1.36. The minimum atomic E-state index is -0.210. The number of hydrogen-bond donors (Lipinski definition) is 0. The molecule has 1 fully saturated rings. The first-order chi connectivity index (χ1) is 6.11. The van der Waals surface area contributed by atoms with Gasteiger partial charge in [0, 0.05) is 12.8 Å². The minimum Gasteiger partial charge on any atom is -0.298 e. The second-order valence-corrected chi connectivity index (χ2v) is 3.28. The van der Waals surface area contributed by atoms with E-state index in [9.17, 15) is 14.4 Å². The molecule has 72 valence electrons. The van der Waals surface area contributed by atoms with Gasteiger partial charge >= 0.3 is 0 Å². The van der Waals surface area contributed by atoms with Crippen molar-refractivity contribution >= 4 is 17.6 Å². The topological polar surface area (TPSA) is 54.5 Å². The van der Waals surface area contributed by atoms with Crippen molar-refractivity contribution in [2.24, 2.45) is 0 Å². The Balaban J connectivity index is 2.69. The van der Waals surface area contributed by atoms with Gasteiger partial charge < -0.3 is 0 Å². The van der Waals surface area contributed by atoms with Crippen molar-refractivity contribution in [2.45, 2.75) is 32.6 Å². The zero-order valence-corrected chi connectivity index (χ0v) is 7.71. The van der Waals surface area contributed by atoms with Crippen molar-refractivity contribution in [3.63, 3.8) is 0 Å². The van der Waals surface area contributed by atoms with Crippen LogP contribution in [-0.4, -0.2) is 29.0 Å². The number of carbonyl (C=O) groups excluding carboxylic acids is 3. The summed E-state index contributed by atoms with van der Waals surface area (Å²) in [5.41, 5.74) is 0. The number of imide groups is 1. The third-order valence-corrected chi connectivity index (χ3v) is 2.01. The van der Waals surface area contributed by atoms with E-state index in [0.717, 1.165) is 17.7 Å². The monoisotopic (exact) mass is 183 g/mol. The number of likely N-dealkylation sites (tertiary alicyclic amines) is 1. The van der Waals surface area contributed by atoms with Gasteiger partial charge in [-0.1, -0.05) is 0 Å². The quantitative estimate of drug-likeness (QED) is 0.586. The van der Waals surface area contributed by atoms with Crippen LogP contribution in [0.4, 0.5) is 0 Å². The summed E-state index contributed by atoms with van der Waals surface area (Å²) in [6.45, 7) is 1.32. The van der Waals surface area contributed by atoms with Crippen LogP contribution in [0.2, 0.25) is 0 Å². The Hall–Kier alpha value is -1.19. The molecule has 4 nitrogen and oxygen atoms in total. The van der Waals surface area contributed by atoms with Gasteiger partial charge in [0.1, 0.15) is 5.78 Å². The molecule has 0 aromatic rings. The number of carbonyl (C=O) groups is 3. The number of hydrogen-bond acceptors (Lipinski definition) is 3. The van der Waals surface area contributed by atoms with Crippen LogP contribution in [0.15, 0.2) is 0 Å². The lowest BCUT2D eigenvalue weighted by Gasteiger charge is -2.16. The average molecular weight is 183 g/mol. The molecule has 0 saturated carbocycles. The van der Waals surface area contributed by atoms with E-state index in [1.807, 2.05) is 0 Å². The molecule has 1 rings (SSSR count). The summed E-state index contributed by atoms with van der Waals surface area (Å²) in [5, 5.41) is 0. The maximum Gasteiger partial charge on any atom is 0.229 e. The number of rotatable bonds is 2. The van der Waals surface area contributed by atoms with E-state index in [-0.39, 0.29) is 24.1 Å². The molecule has 4 heteroatoms. The molecule has 0 atom stereocenters. The number of nitrogens with zero attached hydrogens (tertiary/aromatic N) is 1.